The number of aryl methyl sites for hydroxylation is 2. The molecule has 1 heterocycles. The molecule has 1 amide bonds. The van der Waals surface area contributed by atoms with Gasteiger partial charge in [0.25, 0.3) is 0 Å². The molecule has 2 aromatic rings. The number of rotatable bonds is 7. The Balaban J connectivity index is 1.71. The number of anilines is 1. The van der Waals surface area contributed by atoms with Crippen molar-refractivity contribution < 1.29 is 23.8 Å². The minimum Gasteiger partial charge on any atom is -0.497 e. The second-order valence-electron chi connectivity index (χ2n) is 8.66. The predicted octanol–water partition coefficient (Wildman–Crippen LogP) is 4.79. The van der Waals surface area contributed by atoms with Crippen molar-refractivity contribution in [3.05, 3.63) is 51.5 Å². The quantitative estimate of drug-likeness (QED) is 0.418. The number of hydrogen-bond donors (Lipinski definition) is 1. The van der Waals surface area contributed by atoms with Gasteiger partial charge >= 0.3 is 6.16 Å². The number of nitrogens with zero attached hydrogens (tertiary/aromatic N) is 1. The summed E-state index contributed by atoms with van der Waals surface area (Å²) in [5.74, 6) is 1.25. The molecule has 8 heteroatoms. The molecule has 2 aromatic carbocycles. The normalized spacial score (nSPS) is 14.0. The van der Waals surface area contributed by atoms with Crippen LogP contribution in [0.1, 0.15) is 37.0 Å². The van der Waals surface area contributed by atoms with Crippen LogP contribution in [0.5, 0.6) is 11.5 Å². The van der Waals surface area contributed by atoms with Gasteiger partial charge in [0.15, 0.2) is 0 Å². The monoisotopic (exact) mass is 518 g/mol. The van der Waals surface area contributed by atoms with Crippen LogP contribution in [-0.2, 0) is 22.4 Å². The van der Waals surface area contributed by atoms with Crippen LogP contribution in [0.4, 0.5) is 10.5 Å². The van der Waals surface area contributed by atoms with Crippen molar-refractivity contribution in [3.8, 4) is 11.5 Å². The SMILES string of the molecule is COc1ccc2c(c1)CCCN2C(=O)[C@@H](N)Cc1c(C)cc(OC(=O)OCC(C)C)cc1Br. The Kier molecular flexibility index (Phi) is 8.37. The fraction of sp³-hybridized carbons (Fsp3) is 0.440. The van der Waals surface area contributed by atoms with E-state index in [0.29, 0.717) is 25.3 Å². The van der Waals surface area contributed by atoms with E-state index in [2.05, 4.69) is 15.9 Å². The number of benzene rings is 2. The van der Waals surface area contributed by atoms with Crippen molar-refractivity contribution in [2.45, 2.75) is 46.1 Å². The summed E-state index contributed by atoms with van der Waals surface area (Å²) in [6, 6.07) is 8.49. The molecule has 0 radical (unpaired) electrons. The molecule has 1 atom stereocenters. The number of methoxy groups -OCH3 is 1. The maximum Gasteiger partial charge on any atom is 0.513 e. The third-order valence-electron chi connectivity index (χ3n) is 5.54. The van der Waals surface area contributed by atoms with E-state index in [-0.39, 0.29) is 11.8 Å². The molecular weight excluding hydrogens is 488 g/mol. The molecule has 0 saturated carbocycles. The molecule has 7 nitrogen and oxygen atoms in total. The van der Waals surface area contributed by atoms with Crippen molar-refractivity contribution in [2.24, 2.45) is 11.7 Å². The van der Waals surface area contributed by atoms with Gasteiger partial charge in [-0.2, -0.15) is 0 Å². The van der Waals surface area contributed by atoms with E-state index in [0.717, 1.165) is 45.4 Å². The van der Waals surface area contributed by atoms with Gasteiger partial charge in [0.2, 0.25) is 5.91 Å². The topological polar surface area (TPSA) is 91.1 Å². The van der Waals surface area contributed by atoms with Crippen molar-refractivity contribution in [2.75, 3.05) is 25.2 Å². The van der Waals surface area contributed by atoms with Gasteiger partial charge in [-0.15, -0.1) is 0 Å². The highest BCUT2D eigenvalue weighted by Crippen LogP contribution is 2.32. The molecular formula is C25H31BrN2O5. The summed E-state index contributed by atoms with van der Waals surface area (Å²) in [6.45, 7) is 6.73. The highest BCUT2D eigenvalue weighted by molar-refractivity contribution is 9.10. The molecule has 33 heavy (non-hydrogen) atoms. The number of nitrogens with two attached hydrogens (primary N) is 1. The minimum absolute atomic E-state index is 0.120. The summed E-state index contributed by atoms with van der Waals surface area (Å²) in [7, 11) is 1.63. The molecule has 3 rings (SSSR count). The molecule has 0 unspecified atom stereocenters. The summed E-state index contributed by atoms with van der Waals surface area (Å²) in [5, 5.41) is 0. The van der Waals surface area contributed by atoms with Crippen LogP contribution >= 0.6 is 15.9 Å². The fourth-order valence-electron chi connectivity index (χ4n) is 3.86. The molecule has 2 N–H and O–H groups in total. The number of carbonyl (C=O) groups is 2. The number of halogens is 1. The summed E-state index contributed by atoms with van der Waals surface area (Å²) < 4.78 is 16.4. The van der Waals surface area contributed by atoms with Gasteiger partial charge < -0.3 is 24.8 Å². The molecule has 0 aliphatic carbocycles. The lowest BCUT2D eigenvalue weighted by atomic mass is 9.97. The Morgan fingerprint density at radius 1 is 1.18 bits per heavy atom. The smallest absolute Gasteiger partial charge is 0.497 e. The molecule has 1 aliphatic heterocycles. The summed E-state index contributed by atoms with van der Waals surface area (Å²) >= 11 is 3.54. The van der Waals surface area contributed by atoms with Crippen LogP contribution in [0, 0.1) is 12.8 Å². The van der Waals surface area contributed by atoms with Crippen molar-refractivity contribution in [3.63, 3.8) is 0 Å². The van der Waals surface area contributed by atoms with Gasteiger partial charge in [0.1, 0.15) is 11.5 Å². The Morgan fingerprint density at radius 3 is 2.61 bits per heavy atom. The average molecular weight is 519 g/mol. The molecule has 1 aliphatic rings. The van der Waals surface area contributed by atoms with Gasteiger partial charge in [-0.25, -0.2) is 4.79 Å². The van der Waals surface area contributed by atoms with Crippen LogP contribution < -0.4 is 20.1 Å². The standard InChI is InChI=1S/C25H31BrN2O5/c1-15(2)14-32-25(30)33-19-10-16(3)20(21(26)12-19)13-22(27)24(29)28-9-5-6-17-11-18(31-4)7-8-23(17)28/h7-8,10-12,15,22H,5-6,9,13-14,27H2,1-4H3/t22-/m0/s1. The number of ether oxygens (including phenoxy) is 3. The first kappa shape index (κ1) is 25.1. The number of amides is 1. The Labute approximate surface area is 203 Å². The maximum absolute atomic E-state index is 13.3. The number of hydrogen-bond acceptors (Lipinski definition) is 6. The molecule has 0 spiro atoms. The molecule has 178 valence electrons. The van der Waals surface area contributed by atoms with Gasteiger partial charge in [0.05, 0.1) is 19.8 Å². The first-order valence-electron chi connectivity index (χ1n) is 11.1. The van der Waals surface area contributed by atoms with E-state index >= 15 is 0 Å². The van der Waals surface area contributed by atoms with Crippen LogP contribution in [0.3, 0.4) is 0 Å². The van der Waals surface area contributed by atoms with E-state index in [1.807, 2.05) is 39.0 Å². The van der Waals surface area contributed by atoms with E-state index in [1.165, 1.54) is 0 Å². The molecule has 0 fully saturated rings. The Hall–Kier alpha value is -2.58. The van der Waals surface area contributed by atoms with Crippen molar-refractivity contribution in [1.29, 1.82) is 0 Å². The highest BCUT2D eigenvalue weighted by atomic mass is 79.9. The number of carbonyl (C=O) groups excluding carboxylic acids is 2. The van der Waals surface area contributed by atoms with Crippen molar-refractivity contribution >= 4 is 33.7 Å². The lowest BCUT2D eigenvalue weighted by Crippen LogP contribution is -2.47. The highest BCUT2D eigenvalue weighted by Gasteiger charge is 2.28. The second kappa shape index (κ2) is 11.0. The lowest BCUT2D eigenvalue weighted by molar-refractivity contribution is -0.119. The molecule has 0 bridgehead atoms. The first-order valence-corrected chi connectivity index (χ1v) is 11.9. The van der Waals surface area contributed by atoms with Crippen LogP contribution in [0.15, 0.2) is 34.8 Å². The molecule has 0 aromatic heterocycles. The molecule has 0 saturated heterocycles. The zero-order valence-electron chi connectivity index (χ0n) is 19.5. The zero-order valence-corrected chi connectivity index (χ0v) is 21.1. The minimum atomic E-state index is -0.741. The fourth-order valence-corrected chi connectivity index (χ4v) is 4.56. The van der Waals surface area contributed by atoms with Gasteiger partial charge in [0, 0.05) is 16.7 Å². The zero-order chi connectivity index (χ0) is 24.1. The van der Waals surface area contributed by atoms with E-state index in [1.54, 1.807) is 24.1 Å². The summed E-state index contributed by atoms with van der Waals surface area (Å²) in [6.07, 6.45) is 1.39. The third-order valence-corrected chi connectivity index (χ3v) is 6.25. The van der Waals surface area contributed by atoms with Crippen molar-refractivity contribution in [1.82, 2.24) is 0 Å². The van der Waals surface area contributed by atoms with Crippen LogP contribution in [0.25, 0.3) is 0 Å². The predicted molar refractivity (Wildman–Crippen MR) is 131 cm³/mol. The first-order chi connectivity index (χ1) is 15.7. The largest absolute Gasteiger partial charge is 0.513 e. The Morgan fingerprint density at radius 2 is 1.94 bits per heavy atom. The maximum atomic E-state index is 13.3. The van der Waals surface area contributed by atoms with E-state index in [9.17, 15) is 9.59 Å². The summed E-state index contributed by atoms with van der Waals surface area (Å²) in [5.41, 5.74) is 10.1. The summed E-state index contributed by atoms with van der Waals surface area (Å²) in [4.78, 5) is 26.9. The lowest BCUT2D eigenvalue weighted by Gasteiger charge is -2.32. The van der Waals surface area contributed by atoms with Gasteiger partial charge in [-0.05, 0) is 79.1 Å². The van der Waals surface area contributed by atoms with Gasteiger partial charge in [-0.1, -0.05) is 29.8 Å². The van der Waals surface area contributed by atoms with Gasteiger partial charge in [-0.3, -0.25) is 4.79 Å². The van der Waals surface area contributed by atoms with E-state index in [4.69, 9.17) is 19.9 Å². The third kappa shape index (κ3) is 6.26. The second-order valence-corrected chi connectivity index (χ2v) is 9.51. The average Bonchev–Trinajstić information content (AvgIpc) is 2.78. The number of fused-ring (bicyclic) bond motifs is 1. The van der Waals surface area contributed by atoms with Crippen LogP contribution in [-0.4, -0.2) is 38.4 Å². The Bertz CT molecular complexity index is 1000. The van der Waals surface area contributed by atoms with E-state index < -0.39 is 12.2 Å². The van der Waals surface area contributed by atoms with Crippen LogP contribution in [0.2, 0.25) is 0 Å².